The van der Waals surface area contributed by atoms with E-state index in [4.69, 9.17) is 0 Å². The molecule has 1 aromatic heterocycles. The molecule has 0 saturated heterocycles. The summed E-state index contributed by atoms with van der Waals surface area (Å²) in [7, 11) is 0. The number of nitrogens with zero attached hydrogens (tertiary/aromatic N) is 1. The Balaban J connectivity index is 2.39. The quantitative estimate of drug-likeness (QED) is 0.780. The number of aromatic nitrogens is 1. The Hall–Kier alpha value is -0.410. The van der Waals surface area contributed by atoms with Crippen LogP contribution in [0.4, 0.5) is 0 Å². The van der Waals surface area contributed by atoms with Gasteiger partial charge in [0.05, 0.1) is 10.7 Å². The van der Waals surface area contributed by atoms with Gasteiger partial charge < -0.3 is 5.32 Å². The summed E-state index contributed by atoms with van der Waals surface area (Å²) in [5.41, 5.74) is 1.19. The Kier molecular flexibility index (Phi) is 6.30. The van der Waals surface area contributed by atoms with Gasteiger partial charge in [-0.2, -0.15) is 0 Å². The highest BCUT2D eigenvalue weighted by molar-refractivity contribution is 7.11. The lowest BCUT2D eigenvalue weighted by Crippen LogP contribution is -2.28. The van der Waals surface area contributed by atoms with E-state index in [0.29, 0.717) is 12.1 Å². The molecule has 104 valence electrons. The lowest BCUT2D eigenvalue weighted by atomic mass is 10.0. The predicted molar refractivity (Wildman–Crippen MR) is 81.3 cm³/mol. The van der Waals surface area contributed by atoms with Gasteiger partial charge in [0.15, 0.2) is 0 Å². The highest BCUT2D eigenvalue weighted by atomic mass is 32.1. The molecule has 0 aromatic carbocycles. The lowest BCUT2D eigenvalue weighted by Gasteiger charge is -2.19. The number of hydrogen-bond acceptors (Lipinski definition) is 3. The van der Waals surface area contributed by atoms with Crippen molar-refractivity contribution >= 4 is 11.3 Å². The smallest absolute Gasteiger partial charge is 0.0900 e. The van der Waals surface area contributed by atoms with Gasteiger partial charge in [-0.3, -0.25) is 0 Å². The number of rotatable bonds is 7. The molecule has 1 N–H and O–H groups in total. The molecule has 2 unspecified atom stereocenters. The Labute approximate surface area is 116 Å². The van der Waals surface area contributed by atoms with Gasteiger partial charge in [0.1, 0.15) is 0 Å². The largest absolute Gasteiger partial charge is 0.307 e. The lowest BCUT2D eigenvalue weighted by molar-refractivity contribution is 0.425. The van der Waals surface area contributed by atoms with Gasteiger partial charge in [0.2, 0.25) is 0 Å². The first kappa shape index (κ1) is 15.6. The van der Waals surface area contributed by atoms with Gasteiger partial charge in [0, 0.05) is 17.0 Å². The van der Waals surface area contributed by atoms with E-state index in [1.54, 1.807) is 0 Å². The van der Waals surface area contributed by atoms with Crippen molar-refractivity contribution in [2.45, 2.75) is 72.9 Å². The Morgan fingerprint density at radius 2 is 1.78 bits per heavy atom. The average molecular weight is 268 g/mol. The van der Waals surface area contributed by atoms with E-state index in [0.717, 1.165) is 5.92 Å². The molecular formula is C15H28N2S. The van der Waals surface area contributed by atoms with Crippen molar-refractivity contribution in [3.05, 3.63) is 15.6 Å². The van der Waals surface area contributed by atoms with E-state index in [2.05, 4.69) is 51.8 Å². The topological polar surface area (TPSA) is 24.9 Å². The Morgan fingerprint density at radius 3 is 2.28 bits per heavy atom. The molecule has 0 aliphatic carbocycles. The van der Waals surface area contributed by atoms with Gasteiger partial charge in [-0.15, -0.1) is 11.3 Å². The van der Waals surface area contributed by atoms with E-state index in [1.807, 2.05) is 11.3 Å². The zero-order valence-electron chi connectivity index (χ0n) is 12.7. The maximum absolute atomic E-state index is 4.50. The fourth-order valence-electron chi connectivity index (χ4n) is 2.37. The van der Waals surface area contributed by atoms with Gasteiger partial charge >= 0.3 is 0 Å². The molecule has 18 heavy (non-hydrogen) atoms. The van der Waals surface area contributed by atoms with Crippen molar-refractivity contribution < 1.29 is 0 Å². The summed E-state index contributed by atoms with van der Waals surface area (Å²) in [6.07, 6.45) is 3.91. The van der Waals surface area contributed by atoms with E-state index >= 15 is 0 Å². The van der Waals surface area contributed by atoms with Gasteiger partial charge in [-0.1, -0.05) is 26.7 Å². The van der Waals surface area contributed by atoms with Crippen molar-refractivity contribution in [1.82, 2.24) is 10.3 Å². The molecule has 1 heterocycles. The normalized spacial score (nSPS) is 15.1. The van der Waals surface area contributed by atoms with Crippen LogP contribution in [0.2, 0.25) is 0 Å². The van der Waals surface area contributed by atoms with Crippen LogP contribution in [0.3, 0.4) is 0 Å². The molecule has 3 heteroatoms. The first-order chi connectivity index (χ1) is 8.40. The molecule has 2 nitrogen and oxygen atoms in total. The molecule has 0 aliphatic heterocycles. The molecule has 0 amide bonds. The summed E-state index contributed by atoms with van der Waals surface area (Å²) in [6.45, 7) is 13.3. The van der Waals surface area contributed by atoms with Crippen LogP contribution in [-0.4, -0.2) is 11.0 Å². The van der Waals surface area contributed by atoms with E-state index < -0.39 is 0 Å². The van der Waals surface area contributed by atoms with E-state index in [1.165, 1.54) is 34.8 Å². The SMILES string of the molecule is Cc1nc(C)c(C(C)NC(C)CCCC(C)C)s1. The number of nitrogens with one attached hydrogen (secondary N) is 1. The van der Waals surface area contributed by atoms with Crippen LogP contribution in [0, 0.1) is 19.8 Å². The molecule has 0 bridgehead atoms. The molecule has 0 aliphatic rings. The minimum absolute atomic E-state index is 0.422. The molecular weight excluding hydrogens is 240 g/mol. The maximum atomic E-state index is 4.50. The number of thiazole rings is 1. The third-order valence-corrected chi connectivity index (χ3v) is 4.54. The standard InChI is InChI=1S/C15H28N2S/c1-10(2)8-7-9-11(3)16-12(4)15-13(5)17-14(6)18-15/h10-12,16H,7-9H2,1-6H3. The third kappa shape index (κ3) is 5.07. The summed E-state index contributed by atoms with van der Waals surface area (Å²) >= 11 is 1.82. The number of hydrogen-bond donors (Lipinski definition) is 1. The summed E-state index contributed by atoms with van der Waals surface area (Å²) < 4.78 is 0. The summed E-state index contributed by atoms with van der Waals surface area (Å²) in [4.78, 5) is 5.90. The van der Waals surface area contributed by atoms with Crippen LogP contribution in [0.1, 0.15) is 68.6 Å². The fraction of sp³-hybridized carbons (Fsp3) is 0.800. The fourth-order valence-corrected chi connectivity index (χ4v) is 3.31. The maximum Gasteiger partial charge on any atom is 0.0900 e. The Bertz CT molecular complexity index is 357. The zero-order valence-corrected chi connectivity index (χ0v) is 13.5. The minimum Gasteiger partial charge on any atom is -0.307 e. The first-order valence-electron chi connectivity index (χ1n) is 7.10. The zero-order chi connectivity index (χ0) is 13.7. The van der Waals surface area contributed by atoms with Crippen LogP contribution in [-0.2, 0) is 0 Å². The van der Waals surface area contributed by atoms with Gasteiger partial charge in [0.25, 0.3) is 0 Å². The second-order valence-corrected chi connectivity index (χ2v) is 7.03. The first-order valence-corrected chi connectivity index (χ1v) is 7.91. The van der Waals surface area contributed by atoms with Crippen molar-refractivity contribution in [2.24, 2.45) is 5.92 Å². The van der Waals surface area contributed by atoms with Crippen LogP contribution >= 0.6 is 11.3 Å². The molecule has 0 radical (unpaired) electrons. The second kappa shape index (κ2) is 7.25. The third-order valence-electron chi connectivity index (χ3n) is 3.29. The summed E-state index contributed by atoms with van der Waals surface area (Å²) in [5.74, 6) is 0.820. The molecule has 0 fully saturated rings. The van der Waals surface area contributed by atoms with Gasteiger partial charge in [-0.05, 0) is 40.0 Å². The highest BCUT2D eigenvalue weighted by Crippen LogP contribution is 2.25. The van der Waals surface area contributed by atoms with Crippen molar-refractivity contribution in [3.8, 4) is 0 Å². The summed E-state index contributed by atoms with van der Waals surface area (Å²) in [5, 5.41) is 4.86. The highest BCUT2D eigenvalue weighted by Gasteiger charge is 2.14. The van der Waals surface area contributed by atoms with Crippen molar-refractivity contribution in [3.63, 3.8) is 0 Å². The predicted octanol–water partition coefficient (Wildman–Crippen LogP) is 4.63. The van der Waals surface area contributed by atoms with Crippen LogP contribution in [0.25, 0.3) is 0 Å². The van der Waals surface area contributed by atoms with Crippen LogP contribution in [0.15, 0.2) is 0 Å². The van der Waals surface area contributed by atoms with E-state index in [-0.39, 0.29) is 0 Å². The Morgan fingerprint density at radius 1 is 1.11 bits per heavy atom. The average Bonchev–Trinajstić information content (AvgIpc) is 2.57. The molecule has 2 atom stereocenters. The molecule has 1 rings (SSSR count). The summed E-state index contributed by atoms with van der Waals surface area (Å²) in [6, 6.07) is 1.01. The monoisotopic (exact) mass is 268 g/mol. The van der Waals surface area contributed by atoms with Crippen LogP contribution < -0.4 is 5.32 Å². The second-order valence-electron chi connectivity index (χ2n) is 5.80. The molecule has 1 aromatic rings. The van der Waals surface area contributed by atoms with Crippen molar-refractivity contribution in [1.29, 1.82) is 0 Å². The number of aryl methyl sites for hydroxylation is 2. The van der Waals surface area contributed by atoms with Crippen molar-refractivity contribution in [2.75, 3.05) is 0 Å². The van der Waals surface area contributed by atoms with E-state index in [9.17, 15) is 0 Å². The van der Waals surface area contributed by atoms with Gasteiger partial charge in [-0.25, -0.2) is 4.98 Å². The molecule has 0 saturated carbocycles. The van der Waals surface area contributed by atoms with Crippen LogP contribution in [0.5, 0.6) is 0 Å². The minimum atomic E-state index is 0.422. The molecule has 0 spiro atoms.